The Morgan fingerprint density at radius 3 is 3.00 bits per heavy atom. The highest BCUT2D eigenvalue weighted by atomic mass is 32.1. The summed E-state index contributed by atoms with van der Waals surface area (Å²) in [5.41, 5.74) is 3.71. The Labute approximate surface area is 161 Å². The van der Waals surface area contributed by atoms with E-state index in [1.165, 1.54) is 6.33 Å². The van der Waals surface area contributed by atoms with Crippen LogP contribution in [0, 0.1) is 13.8 Å². The summed E-state index contributed by atoms with van der Waals surface area (Å²) in [7, 11) is 0. The van der Waals surface area contributed by atoms with E-state index in [9.17, 15) is 4.79 Å². The van der Waals surface area contributed by atoms with Gasteiger partial charge in [-0.25, -0.2) is 9.97 Å². The molecule has 9 heteroatoms. The summed E-state index contributed by atoms with van der Waals surface area (Å²) in [6.07, 6.45) is 4.52. The first kappa shape index (κ1) is 18.0. The summed E-state index contributed by atoms with van der Waals surface area (Å²) in [5.74, 6) is 0.290. The maximum Gasteiger partial charge on any atom is 0.270 e. The van der Waals surface area contributed by atoms with E-state index in [4.69, 9.17) is 4.74 Å². The number of fused-ring (bicyclic) bond motifs is 1. The van der Waals surface area contributed by atoms with Crippen molar-refractivity contribution in [1.29, 1.82) is 0 Å². The molecule has 8 nitrogen and oxygen atoms in total. The Balaban J connectivity index is 1.70. The van der Waals surface area contributed by atoms with Gasteiger partial charge in [-0.3, -0.25) is 4.79 Å². The SMILES string of the molecule is CCc1nnsc1C(=O)Nc1ncnc2c1c(C)c(C)n2CC1CCCO1. The molecular weight excluding hydrogens is 364 g/mol. The van der Waals surface area contributed by atoms with Crippen molar-refractivity contribution in [3.8, 4) is 0 Å². The van der Waals surface area contributed by atoms with Crippen LogP contribution < -0.4 is 5.32 Å². The lowest BCUT2D eigenvalue weighted by Crippen LogP contribution is -2.16. The number of nitrogens with zero attached hydrogens (tertiary/aromatic N) is 5. The number of hydrogen-bond acceptors (Lipinski definition) is 7. The number of rotatable bonds is 5. The highest BCUT2D eigenvalue weighted by Crippen LogP contribution is 2.30. The molecule has 0 bridgehead atoms. The van der Waals surface area contributed by atoms with Gasteiger partial charge in [0.1, 0.15) is 22.7 Å². The Morgan fingerprint density at radius 1 is 1.41 bits per heavy atom. The minimum atomic E-state index is -0.231. The third kappa shape index (κ3) is 3.21. The average molecular weight is 386 g/mol. The van der Waals surface area contributed by atoms with E-state index in [0.29, 0.717) is 22.8 Å². The van der Waals surface area contributed by atoms with Crippen molar-refractivity contribution in [2.24, 2.45) is 0 Å². The number of aromatic nitrogens is 5. The average Bonchev–Trinajstić information content (AvgIpc) is 3.39. The molecule has 0 saturated carbocycles. The maximum absolute atomic E-state index is 12.7. The molecule has 1 aliphatic rings. The van der Waals surface area contributed by atoms with Gasteiger partial charge in [0.05, 0.1) is 23.7 Å². The summed E-state index contributed by atoms with van der Waals surface area (Å²) in [6.45, 7) is 7.64. The number of ether oxygens (including phenoxy) is 1. The Bertz CT molecular complexity index is 989. The van der Waals surface area contributed by atoms with Crippen molar-refractivity contribution in [1.82, 2.24) is 24.1 Å². The molecule has 4 rings (SSSR count). The molecule has 3 aromatic rings. The summed E-state index contributed by atoms with van der Waals surface area (Å²) < 4.78 is 11.9. The maximum atomic E-state index is 12.7. The van der Waals surface area contributed by atoms with Crippen LogP contribution in [0.4, 0.5) is 5.82 Å². The first-order chi connectivity index (χ1) is 13.1. The zero-order valence-corrected chi connectivity index (χ0v) is 16.5. The molecule has 1 fully saturated rings. The number of hydrogen-bond donors (Lipinski definition) is 1. The van der Waals surface area contributed by atoms with Crippen LogP contribution in [0.5, 0.6) is 0 Å². The van der Waals surface area contributed by atoms with Gasteiger partial charge in [-0.15, -0.1) is 5.10 Å². The Morgan fingerprint density at radius 2 is 2.26 bits per heavy atom. The molecule has 142 valence electrons. The van der Waals surface area contributed by atoms with Crippen molar-refractivity contribution in [3.05, 3.63) is 28.2 Å². The molecule has 1 unspecified atom stereocenters. The van der Waals surface area contributed by atoms with Crippen LogP contribution in [0.15, 0.2) is 6.33 Å². The lowest BCUT2D eigenvalue weighted by atomic mass is 10.2. The second-order valence-electron chi connectivity index (χ2n) is 6.73. The zero-order chi connectivity index (χ0) is 19.0. The van der Waals surface area contributed by atoms with E-state index in [2.05, 4.69) is 36.4 Å². The van der Waals surface area contributed by atoms with Gasteiger partial charge < -0.3 is 14.6 Å². The van der Waals surface area contributed by atoms with E-state index in [0.717, 1.165) is 59.8 Å². The fraction of sp³-hybridized carbons (Fsp3) is 0.500. The van der Waals surface area contributed by atoms with E-state index >= 15 is 0 Å². The number of carbonyl (C=O) groups excluding carboxylic acids is 1. The second-order valence-corrected chi connectivity index (χ2v) is 7.49. The van der Waals surface area contributed by atoms with Crippen LogP contribution in [0.25, 0.3) is 11.0 Å². The number of aryl methyl sites for hydroxylation is 2. The van der Waals surface area contributed by atoms with Crippen LogP contribution in [0.3, 0.4) is 0 Å². The van der Waals surface area contributed by atoms with Crippen LogP contribution in [0.2, 0.25) is 0 Å². The standard InChI is InChI=1S/C18H22N6O2S/c1-4-13-15(27-23-22-13)18(25)21-16-14-10(2)11(3)24(17(14)20-9-19-16)8-12-6-5-7-26-12/h9,12H,4-8H2,1-3H3,(H,19,20,21,25). The van der Waals surface area contributed by atoms with E-state index in [1.807, 2.05) is 13.8 Å². The fourth-order valence-electron chi connectivity index (χ4n) is 3.56. The van der Waals surface area contributed by atoms with Crippen molar-refractivity contribution in [2.75, 3.05) is 11.9 Å². The molecule has 1 amide bonds. The third-order valence-electron chi connectivity index (χ3n) is 5.14. The van der Waals surface area contributed by atoms with Crippen LogP contribution in [-0.4, -0.2) is 42.7 Å². The number of anilines is 1. The van der Waals surface area contributed by atoms with Crippen molar-refractivity contribution in [3.63, 3.8) is 0 Å². The molecule has 1 aliphatic heterocycles. The molecular formula is C18H22N6O2S. The zero-order valence-electron chi connectivity index (χ0n) is 15.7. The first-order valence-corrected chi connectivity index (χ1v) is 9.92. The number of nitrogens with one attached hydrogen (secondary N) is 1. The second kappa shape index (κ2) is 7.32. The monoisotopic (exact) mass is 386 g/mol. The molecule has 3 aromatic heterocycles. The minimum absolute atomic E-state index is 0.210. The molecule has 0 aromatic carbocycles. The Hall–Kier alpha value is -2.39. The number of carbonyl (C=O) groups is 1. The van der Waals surface area contributed by atoms with Crippen LogP contribution in [0.1, 0.15) is 46.4 Å². The van der Waals surface area contributed by atoms with Gasteiger partial charge in [0.2, 0.25) is 0 Å². The van der Waals surface area contributed by atoms with Crippen molar-refractivity contribution < 1.29 is 9.53 Å². The normalized spacial score (nSPS) is 16.9. The van der Waals surface area contributed by atoms with E-state index in [1.54, 1.807) is 0 Å². The molecule has 1 saturated heterocycles. The van der Waals surface area contributed by atoms with Crippen LogP contribution in [-0.2, 0) is 17.7 Å². The van der Waals surface area contributed by atoms with Crippen LogP contribution >= 0.6 is 11.5 Å². The molecule has 0 spiro atoms. The molecule has 4 heterocycles. The minimum Gasteiger partial charge on any atom is -0.376 e. The largest absolute Gasteiger partial charge is 0.376 e. The topological polar surface area (TPSA) is 94.8 Å². The summed E-state index contributed by atoms with van der Waals surface area (Å²) in [5, 5.41) is 7.81. The van der Waals surface area contributed by atoms with Gasteiger partial charge in [0, 0.05) is 12.3 Å². The highest BCUT2D eigenvalue weighted by molar-refractivity contribution is 7.08. The number of amides is 1. The van der Waals surface area contributed by atoms with Gasteiger partial charge in [-0.2, -0.15) is 0 Å². The summed E-state index contributed by atoms with van der Waals surface area (Å²) in [6, 6.07) is 0. The van der Waals surface area contributed by atoms with Crippen molar-refractivity contribution in [2.45, 2.75) is 52.7 Å². The Kier molecular flexibility index (Phi) is 4.88. The van der Waals surface area contributed by atoms with Gasteiger partial charge >= 0.3 is 0 Å². The van der Waals surface area contributed by atoms with E-state index in [-0.39, 0.29) is 12.0 Å². The molecule has 1 atom stereocenters. The summed E-state index contributed by atoms with van der Waals surface area (Å²) >= 11 is 1.10. The van der Waals surface area contributed by atoms with Gasteiger partial charge in [-0.05, 0) is 50.2 Å². The fourth-order valence-corrected chi connectivity index (χ4v) is 4.20. The van der Waals surface area contributed by atoms with Gasteiger partial charge in [-0.1, -0.05) is 11.4 Å². The van der Waals surface area contributed by atoms with Crippen molar-refractivity contribution >= 4 is 34.3 Å². The lowest BCUT2D eigenvalue weighted by molar-refractivity contribution is 0.0974. The molecule has 1 N–H and O–H groups in total. The van der Waals surface area contributed by atoms with Gasteiger partial charge in [0.25, 0.3) is 5.91 Å². The van der Waals surface area contributed by atoms with Gasteiger partial charge in [0.15, 0.2) is 0 Å². The quantitative estimate of drug-likeness (QED) is 0.724. The first-order valence-electron chi connectivity index (χ1n) is 9.14. The predicted octanol–water partition coefficient (Wildman–Crippen LogP) is 2.89. The predicted molar refractivity (Wildman–Crippen MR) is 103 cm³/mol. The van der Waals surface area contributed by atoms with E-state index < -0.39 is 0 Å². The smallest absolute Gasteiger partial charge is 0.270 e. The molecule has 0 aliphatic carbocycles. The molecule has 27 heavy (non-hydrogen) atoms. The lowest BCUT2D eigenvalue weighted by Gasteiger charge is -2.13. The third-order valence-corrected chi connectivity index (χ3v) is 5.91. The highest BCUT2D eigenvalue weighted by Gasteiger charge is 2.23. The summed E-state index contributed by atoms with van der Waals surface area (Å²) in [4.78, 5) is 22.1. The molecule has 0 radical (unpaired) electrons.